The zero-order valence-corrected chi connectivity index (χ0v) is 24.6. The van der Waals surface area contributed by atoms with Crippen LogP contribution in [0.25, 0.3) is 11.3 Å². The van der Waals surface area contributed by atoms with Gasteiger partial charge in [0.15, 0.2) is 14.4 Å². The number of carbonyl (C=O) groups excluding carboxylic acids is 2. The molecule has 1 aromatic carbocycles. The number of nitrogens with one attached hydrogen (secondary N) is 2. The van der Waals surface area contributed by atoms with Crippen molar-refractivity contribution < 1.29 is 31.9 Å². The number of carbonyl (C=O) groups is 2. The molecule has 8 nitrogen and oxygen atoms in total. The summed E-state index contributed by atoms with van der Waals surface area (Å²) in [4.78, 5) is 38.2. The minimum Gasteiger partial charge on any atom is -0.453 e. The summed E-state index contributed by atoms with van der Waals surface area (Å²) in [6, 6.07) is 10.2. The Balaban J connectivity index is 2.49. The Morgan fingerprint density at radius 3 is 2.10 bits per heavy atom. The number of methoxy groups -OCH3 is 1. The molecule has 1 aromatic heterocycles. The minimum absolute atomic E-state index is 0.149. The number of pyridine rings is 1. The predicted molar refractivity (Wildman–Crippen MR) is 147 cm³/mol. The summed E-state index contributed by atoms with van der Waals surface area (Å²) in [6.45, 7) is 11.5. The Hall–Kier alpha value is -3.12. The monoisotopic (exact) mass is 569 g/mol. The minimum atomic E-state index is -4.74. The van der Waals surface area contributed by atoms with Crippen molar-refractivity contribution in [1.29, 1.82) is 0 Å². The highest BCUT2D eigenvalue weighted by Crippen LogP contribution is 2.41. The van der Waals surface area contributed by atoms with Crippen molar-refractivity contribution in [3.63, 3.8) is 0 Å². The lowest BCUT2D eigenvalue weighted by molar-refractivity contribution is -0.210. The average Bonchev–Trinajstić information content (AvgIpc) is 2.82. The first-order valence-electron chi connectivity index (χ1n) is 12.6. The summed E-state index contributed by atoms with van der Waals surface area (Å²) in [5.41, 5.74) is 0.0751. The zero-order valence-electron chi connectivity index (χ0n) is 23.6. The van der Waals surface area contributed by atoms with Gasteiger partial charge in [-0.25, -0.2) is 4.79 Å². The highest BCUT2D eigenvalue weighted by Gasteiger charge is 2.52. The van der Waals surface area contributed by atoms with Crippen molar-refractivity contribution in [2.45, 2.75) is 77.6 Å². The first-order valence-corrected chi connectivity index (χ1v) is 15.5. The molecule has 2 rings (SSSR count). The summed E-state index contributed by atoms with van der Waals surface area (Å²) >= 11 is 0. The van der Waals surface area contributed by atoms with Gasteiger partial charge in [0.1, 0.15) is 12.2 Å². The molecule has 0 bridgehead atoms. The molecule has 0 saturated carbocycles. The third kappa shape index (κ3) is 8.18. The van der Waals surface area contributed by atoms with E-state index in [-0.39, 0.29) is 5.69 Å². The maximum atomic E-state index is 14.3. The summed E-state index contributed by atoms with van der Waals surface area (Å²) in [5.74, 6) is -1.45. The molecule has 1 heterocycles. The van der Waals surface area contributed by atoms with Crippen molar-refractivity contribution in [3.8, 4) is 11.3 Å². The third-order valence-electron chi connectivity index (χ3n) is 6.89. The Labute approximate surface area is 228 Å². The van der Waals surface area contributed by atoms with Gasteiger partial charge in [-0.1, -0.05) is 65.0 Å². The number of amides is 2. The number of alkyl halides is 3. The molecule has 2 N–H and O–H groups in total. The van der Waals surface area contributed by atoms with Crippen molar-refractivity contribution in [2.75, 3.05) is 12.4 Å². The van der Waals surface area contributed by atoms with E-state index in [0.717, 1.165) is 11.7 Å². The van der Waals surface area contributed by atoms with Gasteiger partial charge in [0.25, 0.3) is 5.56 Å². The summed E-state index contributed by atoms with van der Waals surface area (Å²) in [6.07, 6.45) is -7.86. The van der Waals surface area contributed by atoms with Crippen LogP contribution in [0.4, 0.5) is 23.7 Å². The summed E-state index contributed by atoms with van der Waals surface area (Å²) in [7, 11) is -1.75. The van der Waals surface area contributed by atoms with E-state index in [9.17, 15) is 27.6 Å². The number of aromatic nitrogens is 1. The Morgan fingerprint density at radius 2 is 1.62 bits per heavy atom. The number of nitrogens with zero attached hydrogens (tertiary/aromatic N) is 1. The topological polar surface area (TPSA) is 98.7 Å². The molecule has 0 aliphatic rings. The van der Waals surface area contributed by atoms with Crippen molar-refractivity contribution in [1.82, 2.24) is 9.88 Å². The van der Waals surface area contributed by atoms with Crippen LogP contribution >= 0.6 is 0 Å². The fourth-order valence-corrected chi connectivity index (χ4v) is 4.93. The number of benzene rings is 1. The molecule has 0 aliphatic heterocycles. The van der Waals surface area contributed by atoms with Crippen LogP contribution in [0.3, 0.4) is 0 Å². The van der Waals surface area contributed by atoms with Gasteiger partial charge < -0.3 is 14.5 Å². The fraction of sp³-hybridized carbons (Fsp3) is 0.519. The smallest absolute Gasteiger partial charge is 0.415 e. The van der Waals surface area contributed by atoms with E-state index in [0.29, 0.717) is 11.3 Å². The van der Waals surface area contributed by atoms with Crippen LogP contribution in [-0.4, -0.2) is 50.3 Å². The van der Waals surface area contributed by atoms with E-state index >= 15 is 0 Å². The average molecular weight is 570 g/mol. The van der Waals surface area contributed by atoms with Gasteiger partial charge in [-0.2, -0.15) is 13.2 Å². The molecule has 39 heavy (non-hydrogen) atoms. The van der Waals surface area contributed by atoms with E-state index in [1.54, 1.807) is 57.3 Å². The summed E-state index contributed by atoms with van der Waals surface area (Å²) < 4.78 is 54.4. The van der Waals surface area contributed by atoms with E-state index in [1.165, 1.54) is 12.1 Å². The Morgan fingerprint density at radius 1 is 1.03 bits per heavy atom. The largest absolute Gasteiger partial charge is 0.453 e. The van der Waals surface area contributed by atoms with Gasteiger partial charge in [0.05, 0.1) is 18.8 Å². The lowest BCUT2D eigenvalue weighted by Crippen LogP contribution is -2.59. The zero-order chi connectivity index (χ0) is 29.8. The molecule has 216 valence electrons. The van der Waals surface area contributed by atoms with Crippen molar-refractivity contribution in [2.24, 2.45) is 5.92 Å². The standard InChI is InChI=1S/C27H38F3N3O5Si/c1-17(2)22(23(27(28,29)30)38-39(7,8)26(3,4)5)32-21(34)16-33-20(18-12-10-9-11-13-18)15-14-19(24(33)35)31-25(36)37-6/h9-15,17,22-23H,16H2,1-8H3,(H,31,36)(H,32,34). The molecule has 0 spiro atoms. The molecule has 0 fully saturated rings. The predicted octanol–water partition coefficient (Wildman–Crippen LogP) is 5.79. The second-order valence-electron chi connectivity index (χ2n) is 11.2. The van der Waals surface area contributed by atoms with Crippen LogP contribution in [-0.2, 0) is 20.5 Å². The van der Waals surface area contributed by atoms with Gasteiger partial charge in [-0.3, -0.25) is 19.5 Å². The first kappa shape index (κ1) is 32.1. The molecule has 2 amide bonds. The molecule has 2 atom stereocenters. The molecule has 0 saturated heterocycles. The lowest BCUT2D eigenvalue weighted by Gasteiger charge is -2.42. The molecular formula is C27H38F3N3O5Si. The van der Waals surface area contributed by atoms with Crippen LogP contribution in [0, 0.1) is 5.92 Å². The van der Waals surface area contributed by atoms with Gasteiger partial charge in [0, 0.05) is 0 Å². The molecule has 0 aliphatic carbocycles. The summed E-state index contributed by atoms with van der Waals surface area (Å²) in [5, 5.41) is 4.30. The number of hydrogen-bond acceptors (Lipinski definition) is 5. The van der Waals surface area contributed by atoms with Crippen LogP contribution in [0.15, 0.2) is 47.3 Å². The Kier molecular flexibility index (Phi) is 10.2. The number of halogens is 3. The maximum absolute atomic E-state index is 14.3. The van der Waals surface area contributed by atoms with Crippen LogP contribution in [0.5, 0.6) is 0 Å². The van der Waals surface area contributed by atoms with E-state index in [1.807, 2.05) is 20.8 Å². The van der Waals surface area contributed by atoms with Crippen molar-refractivity contribution >= 4 is 26.0 Å². The van der Waals surface area contributed by atoms with Crippen LogP contribution in [0.1, 0.15) is 34.6 Å². The maximum Gasteiger partial charge on any atom is 0.415 e. The second-order valence-corrected chi connectivity index (χ2v) is 15.9. The van der Waals surface area contributed by atoms with Gasteiger partial charge in [-0.05, 0) is 41.7 Å². The lowest BCUT2D eigenvalue weighted by atomic mass is 9.98. The van der Waals surface area contributed by atoms with Crippen molar-refractivity contribution in [3.05, 3.63) is 52.8 Å². The normalized spacial score (nSPS) is 14.1. The van der Waals surface area contributed by atoms with Gasteiger partial charge >= 0.3 is 12.3 Å². The van der Waals surface area contributed by atoms with Crippen LogP contribution < -0.4 is 16.2 Å². The number of ether oxygens (including phenoxy) is 1. The first-order chi connectivity index (χ1) is 17.9. The highest BCUT2D eigenvalue weighted by molar-refractivity contribution is 6.74. The van der Waals surface area contributed by atoms with Crippen LogP contribution in [0.2, 0.25) is 18.1 Å². The Bertz CT molecular complexity index is 1210. The highest BCUT2D eigenvalue weighted by atomic mass is 28.4. The van der Waals surface area contributed by atoms with E-state index in [2.05, 4.69) is 15.4 Å². The van der Waals surface area contributed by atoms with E-state index < -0.39 is 61.7 Å². The molecule has 0 radical (unpaired) electrons. The van der Waals surface area contributed by atoms with Gasteiger partial charge in [-0.15, -0.1) is 0 Å². The van der Waals surface area contributed by atoms with E-state index in [4.69, 9.17) is 4.43 Å². The number of rotatable bonds is 9. The van der Waals surface area contributed by atoms with Gasteiger partial charge in [0.2, 0.25) is 5.91 Å². The molecular weight excluding hydrogens is 531 g/mol. The third-order valence-corrected chi connectivity index (χ3v) is 11.3. The molecule has 2 unspecified atom stereocenters. The SMILES string of the molecule is COC(=O)Nc1ccc(-c2ccccc2)n(CC(=O)NC(C(C)C)C(O[Si](C)(C)C(C)(C)C)C(F)(F)F)c1=O. The quantitative estimate of drug-likeness (QED) is 0.373. The fourth-order valence-electron chi connectivity index (χ4n) is 3.66. The molecule has 2 aromatic rings. The molecule has 12 heteroatoms. The number of hydrogen-bond donors (Lipinski definition) is 2. The second kappa shape index (κ2) is 12.4. The number of anilines is 1.